The van der Waals surface area contributed by atoms with E-state index in [0.29, 0.717) is 25.9 Å². The zero-order chi connectivity index (χ0) is 17.9. The second kappa shape index (κ2) is 7.72. The number of nitrogens with one attached hydrogen (secondary N) is 1. The van der Waals surface area contributed by atoms with E-state index in [1.807, 2.05) is 45.9 Å². The summed E-state index contributed by atoms with van der Waals surface area (Å²) in [6.45, 7) is 8.66. The van der Waals surface area contributed by atoms with E-state index in [9.17, 15) is 9.59 Å². The van der Waals surface area contributed by atoms with Crippen LogP contribution in [0.15, 0.2) is 18.2 Å². The lowest BCUT2D eigenvalue weighted by atomic mass is 9.96. The molecule has 5 nitrogen and oxygen atoms in total. The average Bonchev–Trinajstić information content (AvgIpc) is 2.48. The van der Waals surface area contributed by atoms with E-state index in [0.717, 1.165) is 14.8 Å². The Labute approximate surface area is 157 Å². The molecule has 0 unspecified atom stereocenters. The number of piperidine rings is 1. The standard InChI is InChI=1S/C18H25IN2O3/c1-12-11-14(19)5-6-15(12)20-16(22)13-7-9-21(10-8-13)17(23)24-18(2,3)4/h5-6,11,13H,7-10H2,1-4H3,(H,20,22). The van der Waals surface area contributed by atoms with Crippen molar-refractivity contribution in [3.63, 3.8) is 0 Å². The van der Waals surface area contributed by atoms with Gasteiger partial charge in [0.15, 0.2) is 0 Å². The van der Waals surface area contributed by atoms with E-state index in [1.165, 1.54) is 0 Å². The maximum absolute atomic E-state index is 12.5. The van der Waals surface area contributed by atoms with Gasteiger partial charge in [-0.05, 0) is 86.9 Å². The van der Waals surface area contributed by atoms with E-state index in [4.69, 9.17) is 4.74 Å². The Kier molecular flexibility index (Phi) is 6.11. The first kappa shape index (κ1) is 19.0. The largest absolute Gasteiger partial charge is 0.444 e. The third-order valence-corrected chi connectivity index (χ3v) is 4.63. The molecule has 0 aliphatic carbocycles. The summed E-state index contributed by atoms with van der Waals surface area (Å²) in [6, 6.07) is 5.96. The molecular formula is C18H25IN2O3. The van der Waals surface area contributed by atoms with Crippen LogP contribution in [0.2, 0.25) is 0 Å². The van der Waals surface area contributed by atoms with Gasteiger partial charge in [0.25, 0.3) is 0 Å². The minimum atomic E-state index is -0.492. The lowest BCUT2D eigenvalue weighted by Gasteiger charge is -2.33. The number of hydrogen-bond donors (Lipinski definition) is 1. The number of carbonyl (C=O) groups is 2. The fraction of sp³-hybridized carbons (Fsp3) is 0.556. The highest BCUT2D eigenvalue weighted by Crippen LogP contribution is 2.23. The molecule has 1 aliphatic rings. The molecule has 6 heteroatoms. The minimum Gasteiger partial charge on any atom is -0.444 e. The third-order valence-electron chi connectivity index (χ3n) is 3.96. The van der Waals surface area contributed by atoms with Crippen molar-refractivity contribution in [2.45, 2.75) is 46.1 Å². The number of rotatable bonds is 2. The van der Waals surface area contributed by atoms with Crippen LogP contribution < -0.4 is 5.32 Å². The predicted octanol–water partition coefficient (Wildman–Crippen LogP) is 4.19. The van der Waals surface area contributed by atoms with Gasteiger partial charge in [-0.2, -0.15) is 0 Å². The van der Waals surface area contributed by atoms with Crippen LogP contribution >= 0.6 is 22.6 Å². The number of benzene rings is 1. The molecule has 2 rings (SSSR count). The molecule has 0 radical (unpaired) electrons. The lowest BCUT2D eigenvalue weighted by molar-refractivity contribution is -0.121. The van der Waals surface area contributed by atoms with Crippen molar-refractivity contribution >= 4 is 40.3 Å². The molecular weight excluding hydrogens is 419 g/mol. The first-order valence-corrected chi connectivity index (χ1v) is 9.28. The van der Waals surface area contributed by atoms with Gasteiger partial charge in [-0.15, -0.1) is 0 Å². The third kappa shape index (κ3) is 5.36. The van der Waals surface area contributed by atoms with Crippen molar-refractivity contribution in [1.82, 2.24) is 4.90 Å². The molecule has 0 atom stereocenters. The number of aryl methyl sites for hydroxylation is 1. The summed E-state index contributed by atoms with van der Waals surface area (Å²) in [5.41, 5.74) is 1.42. The van der Waals surface area contributed by atoms with Crippen LogP contribution in [0.4, 0.5) is 10.5 Å². The summed E-state index contributed by atoms with van der Waals surface area (Å²) in [5, 5.41) is 3.01. The topological polar surface area (TPSA) is 58.6 Å². The van der Waals surface area contributed by atoms with Crippen molar-refractivity contribution in [2.75, 3.05) is 18.4 Å². The maximum Gasteiger partial charge on any atom is 0.410 e. The predicted molar refractivity (Wildman–Crippen MR) is 103 cm³/mol. The fourth-order valence-electron chi connectivity index (χ4n) is 2.65. The zero-order valence-corrected chi connectivity index (χ0v) is 16.8. The SMILES string of the molecule is Cc1cc(I)ccc1NC(=O)C1CCN(C(=O)OC(C)(C)C)CC1. The quantitative estimate of drug-likeness (QED) is 0.697. The second-order valence-corrected chi connectivity index (χ2v) is 8.44. The number of carbonyl (C=O) groups excluding carboxylic acids is 2. The Morgan fingerprint density at radius 1 is 1.25 bits per heavy atom. The number of nitrogens with zero attached hydrogens (tertiary/aromatic N) is 1. The molecule has 1 aromatic carbocycles. The van der Waals surface area contributed by atoms with Crippen molar-refractivity contribution in [1.29, 1.82) is 0 Å². The normalized spacial score (nSPS) is 16.0. The number of anilines is 1. The first-order valence-electron chi connectivity index (χ1n) is 8.20. The minimum absolute atomic E-state index is 0.0307. The van der Waals surface area contributed by atoms with E-state index < -0.39 is 5.60 Å². The highest BCUT2D eigenvalue weighted by molar-refractivity contribution is 14.1. The van der Waals surface area contributed by atoms with Crippen LogP contribution in [0.1, 0.15) is 39.2 Å². The van der Waals surface area contributed by atoms with Gasteiger partial charge in [0, 0.05) is 28.3 Å². The van der Waals surface area contributed by atoms with E-state index >= 15 is 0 Å². The van der Waals surface area contributed by atoms with Crippen LogP contribution in [0.25, 0.3) is 0 Å². The van der Waals surface area contributed by atoms with Crippen LogP contribution in [0.5, 0.6) is 0 Å². The Hall–Kier alpha value is -1.31. The number of halogens is 1. The van der Waals surface area contributed by atoms with E-state index in [1.54, 1.807) is 4.90 Å². The number of likely N-dealkylation sites (tertiary alicyclic amines) is 1. The summed E-state index contributed by atoms with van der Waals surface area (Å²) in [7, 11) is 0. The van der Waals surface area contributed by atoms with Crippen LogP contribution in [0, 0.1) is 16.4 Å². The molecule has 24 heavy (non-hydrogen) atoms. The van der Waals surface area contributed by atoms with Crippen LogP contribution in [0.3, 0.4) is 0 Å². The Balaban J connectivity index is 1.87. The first-order chi connectivity index (χ1) is 11.2. The second-order valence-electron chi connectivity index (χ2n) is 7.19. The lowest BCUT2D eigenvalue weighted by Crippen LogP contribution is -2.43. The maximum atomic E-state index is 12.5. The molecule has 0 aromatic heterocycles. The van der Waals surface area contributed by atoms with Gasteiger partial charge in [0.05, 0.1) is 0 Å². The molecule has 1 heterocycles. The van der Waals surface area contributed by atoms with Crippen molar-refractivity contribution in [3.05, 3.63) is 27.3 Å². The molecule has 1 aliphatic heterocycles. The monoisotopic (exact) mass is 444 g/mol. The van der Waals surface area contributed by atoms with E-state index in [-0.39, 0.29) is 17.9 Å². The molecule has 2 amide bonds. The Morgan fingerprint density at radius 2 is 1.88 bits per heavy atom. The number of amides is 2. The summed E-state index contributed by atoms with van der Waals surface area (Å²) >= 11 is 2.25. The van der Waals surface area contributed by atoms with Gasteiger partial charge in [-0.25, -0.2) is 4.79 Å². The summed E-state index contributed by atoms with van der Waals surface area (Å²) in [6.07, 6.45) is 1.03. The van der Waals surface area contributed by atoms with Crippen LogP contribution in [-0.4, -0.2) is 35.6 Å². The van der Waals surface area contributed by atoms with Gasteiger partial charge in [-0.1, -0.05) is 0 Å². The fourth-order valence-corrected chi connectivity index (χ4v) is 3.30. The molecule has 0 spiro atoms. The summed E-state index contributed by atoms with van der Waals surface area (Å²) < 4.78 is 6.53. The molecule has 1 N–H and O–H groups in total. The Bertz CT molecular complexity index is 617. The highest BCUT2D eigenvalue weighted by atomic mass is 127. The molecule has 1 fully saturated rings. The Morgan fingerprint density at radius 3 is 2.42 bits per heavy atom. The van der Waals surface area contributed by atoms with Crippen molar-refractivity contribution < 1.29 is 14.3 Å². The van der Waals surface area contributed by atoms with Gasteiger partial charge in [-0.3, -0.25) is 4.79 Å². The summed E-state index contributed by atoms with van der Waals surface area (Å²) in [5.74, 6) is -0.0366. The summed E-state index contributed by atoms with van der Waals surface area (Å²) in [4.78, 5) is 26.2. The van der Waals surface area contributed by atoms with Crippen molar-refractivity contribution in [2.24, 2.45) is 5.92 Å². The highest BCUT2D eigenvalue weighted by Gasteiger charge is 2.30. The van der Waals surface area contributed by atoms with Gasteiger partial charge < -0.3 is 15.0 Å². The zero-order valence-electron chi connectivity index (χ0n) is 14.7. The molecule has 1 aromatic rings. The molecule has 1 saturated heterocycles. The molecule has 0 saturated carbocycles. The molecule has 0 bridgehead atoms. The number of hydrogen-bond acceptors (Lipinski definition) is 3. The molecule has 132 valence electrons. The van der Waals surface area contributed by atoms with Crippen molar-refractivity contribution in [3.8, 4) is 0 Å². The van der Waals surface area contributed by atoms with E-state index in [2.05, 4.69) is 27.9 Å². The number of ether oxygens (including phenoxy) is 1. The average molecular weight is 444 g/mol. The van der Waals surface area contributed by atoms with Crippen LogP contribution in [-0.2, 0) is 9.53 Å². The smallest absolute Gasteiger partial charge is 0.410 e. The van der Waals surface area contributed by atoms with Gasteiger partial charge >= 0.3 is 6.09 Å². The van der Waals surface area contributed by atoms with Gasteiger partial charge in [0.2, 0.25) is 5.91 Å². The van der Waals surface area contributed by atoms with Gasteiger partial charge in [0.1, 0.15) is 5.60 Å².